The SMILES string of the molecule is COC(=O)c1ccccc1-c1nc(Nc2cnn(C3CCN(C(=O)C4CC4)CC3)c2)ncc1C(F)(F)F. The largest absolute Gasteiger partial charge is 0.465 e. The molecular weight excluding hydrogens is 489 g/mol. The van der Waals surface area contributed by atoms with E-state index in [1.165, 1.54) is 24.3 Å². The molecule has 1 aliphatic carbocycles. The van der Waals surface area contributed by atoms with Crippen LogP contribution >= 0.6 is 0 Å². The van der Waals surface area contributed by atoms with Crippen molar-refractivity contribution < 1.29 is 27.5 Å². The molecule has 9 nitrogen and oxygen atoms in total. The first-order chi connectivity index (χ1) is 17.7. The second kappa shape index (κ2) is 9.83. The number of aromatic nitrogens is 4. The van der Waals surface area contributed by atoms with Crippen molar-refractivity contribution in [3.8, 4) is 11.3 Å². The van der Waals surface area contributed by atoms with Crippen molar-refractivity contribution in [2.24, 2.45) is 5.92 Å². The van der Waals surface area contributed by atoms with Gasteiger partial charge in [0.15, 0.2) is 0 Å². The van der Waals surface area contributed by atoms with Crippen molar-refractivity contribution in [3.05, 3.63) is 54.0 Å². The van der Waals surface area contributed by atoms with Gasteiger partial charge in [-0.25, -0.2) is 14.8 Å². The average molecular weight is 515 g/mol. The first kappa shape index (κ1) is 24.7. The molecule has 1 aromatic carbocycles. The van der Waals surface area contributed by atoms with Gasteiger partial charge in [0.05, 0.1) is 36.3 Å². The standard InChI is InChI=1S/C25H25F3N6O3/c1-37-23(36)19-5-3-2-4-18(19)21-20(25(26,27)28)13-29-24(32-21)31-16-12-30-34(14-16)17-8-10-33(11-9-17)22(35)15-6-7-15/h2-5,12-15,17H,6-11H2,1H3,(H,29,31,32). The van der Waals surface area contributed by atoms with E-state index in [1.54, 1.807) is 17.1 Å². The Morgan fingerprint density at radius 1 is 1.08 bits per heavy atom. The molecule has 194 valence electrons. The van der Waals surface area contributed by atoms with Gasteiger partial charge in [0, 0.05) is 37.0 Å². The lowest BCUT2D eigenvalue weighted by molar-refractivity contribution is -0.137. The summed E-state index contributed by atoms with van der Waals surface area (Å²) in [7, 11) is 1.16. The van der Waals surface area contributed by atoms with Gasteiger partial charge >= 0.3 is 12.1 Å². The number of carbonyl (C=O) groups excluding carboxylic acids is 2. The van der Waals surface area contributed by atoms with Gasteiger partial charge in [-0.05, 0) is 31.7 Å². The summed E-state index contributed by atoms with van der Waals surface area (Å²) in [5.41, 5.74) is -1.07. The summed E-state index contributed by atoms with van der Waals surface area (Å²) in [6, 6.07) is 5.92. The number of nitrogens with zero attached hydrogens (tertiary/aromatic N) is 5. The van der Waals surface area contributed by atoms with E-state index in [9.17, 15) is 22.8 Å². The number of carbonyl (C=O) groups is 2. The Morgan fingerprint density at radius 3 is 2.49 bits per heavy atom. The molecule has 0 bridgehead atoms. The number of nitrogens with one attached hydrogen (secondary N) is 1. The van der Waals surface area contributed by atoms with Crippen molar-refractivity contribution in [2.75, 3.05) is 25.5 Å². The number of piperidine rings is 1. The molecule has 3 heterocycles. The maximum absolute atomic E-state index is 13.8. The number of alkyl halides is 3. The minimum Gasteiger partial charge on any atom is -0.465 e. The Kier molecular flexibility index (Phi) is 6.57. The highest BCUT2D eigenvalue weighted by atomic mass is 19.4. The number of methoxy groups -OCH3 is 1. The molecule has 0 spiro atoms. The van der Waals surface area contributed by atoms with Crippen molar-refractivity contribution in [1.82, 2.24) is 24.6 Å². The Hall–Kier alpha value is -3.96. The zero-order valence-electron chi connectivity index (χ0n) is 20.0. The van der Waals surface area contributed by atoms with Crippen LogP contribution in [-0.2, 0) is 15.7 Å². The molecule has 5 rings (SSSR count). The third-order valence-electron chi connectivity index (χ3n) is 6.62. The van der Waals surface area contributed by atoms with E-state index >= 15 is 0 Å². The number of hydrogen-bond acceptors (Lipinski definition) is 7. The minimum absolute atomic E-state index is 0.0182. The van der Waals surface area contributed by atoms with Crippen molar-refractivity contribution in [3.63, 3.8) is 0 Å². The van der Waals surface area contributed by atoms with E-state index in [2.05, 4.69) is 20.4 Å². The average Bonchev–Trinajstić information content (AvgIpc) is 3.65. The Balaban J connectivity index is 1.36. The molecule has 1 saturated heterocycles. The van der Waals surface area contributed by atoms with Crippen molar-refractivity contribution in [2.45, 2.75) is 37.9 Å². The Morgan fingerprint density at radius 2 is 1.81 bits per heavy atom. The van der Waals surface area contributed by atoms with Crippen molar-refractivity contribution >= 4 is 23.5 Å². The molecule has 2 aliphatic rings. The lowest BCUT2D eigenvalue weighted by Crippen LogP contribution is -2.39. The van der Waals surface area contributed by atoms with E-state index in [1.807, 2.05) is 4.90 Å². The number of anilines is 2. The van der Waals surface area contributed by atoms with E-state index < -0.39 is 23.4 Å². The van der Waals surface area contributed by atoms with Gasteiger partial charge in [0.1, 0.15) is 5.56 Å². The number of ether oxygens (including phenoxy) is 1. The highest BCUT2D eigenvalue weighted by Crippen LogP contribution is 2.38. The topological polar surface area (TPSA) is 102 Å². The molecule has 37 heavy (non-hydrogen) atoms. The lowest BCUT2D eigenvalue weighted by Gasteiger charge is -2.32. The van der Waals surface area contributed by atoms with Gasteiger partial charge in [-0.2, -0.15) is 18.3 Å². The number of amides is 1. The van der Waals surface area contributed by atoms with Gasteiger partial charge in [-0.15, -0.1) is 0 Å². The van der Waals surface area contributed by atoms with Gasteiger partial charge in [-0.3, -0.25) is 9.48 Å². The summed E-state index contributed by atoms with van der Waals surface area (Å²) in [6.07, 6.45) is 2.74. The monoisotopic (exact) mass is 514 g/mol. The van der Waals surface area contributed by atoms with Crippen LogP contribution in [0.25, 0.3) is 11.3 Å². The molecule has 3 aromatic rings. The van der Waals surface area contributed by atoms with Crippen LogP contribution in [0.2, 0.25) is 0 Å². The fraction of sp³-hybridized carbons (Fsp3) is 0.400. The zero-order valence-corrected chi connectivity index (χ0v) is 20.0. The fourth-order valence-corrected chi connectivity index (χ4v) is 4.50. The van der Waals surface area contributed by atoms with Crippen LogP contribution in [0, 0.1) is 5.92 Å². The summed E-state index contributed by atoms with van der Waals surface area (Å²) >= 11 is 0. The maximum Gasteiger partial charge on any atom is 0.419 e. The number of hydrogen-bond donors (Lipinski definition) is 1. The van der Waals surface area contributed by atoms with Gasteiger partial charge in [-0.1, -0.05) is 18.2 Å². The van der Waals surface area contributed by atoms with E-state index in [0.717, 1.165) is 32.8 Å². The van der Waals surface area contributed by atoms with E-state index in [0.29, 0.717) is 25.0 Å². The minimum atomic E-state index is -4.74. The van der Waals surface area contributed by atoms with Gasteiger partial charge in [0.25, 0.3) is 0 Å². The quantitative estimate of drug-likeness (QED) is 0.485. The highest BCUT2D eigenvalue weighted by molar-refractivity contribution is 5.97. The number of benzene rings is 1. The van der Waals surface area contributed by atoms with E-state index in [-0.39, 0.29) is 34.9 Å². The number of esters is 1. The van der Waals surface area contributed by atoms with E-state index in [4.69, 9.17) is 4.74 Å². The van der Waals surface area contributed by atoms with Crippen LogP contribution in [0.4, 0.5) is 24.8 Å². The molecule has 0 atom stereocenters. The first-order valence-corrected chi connectivity index (χ1v) is 12.0. The lowest BCUT2D eigenvalue weighted by atomic mass is 10.0. The fourth-order valence-electron chi connectivity index (χ4n) is 4.50. The van der Waals surface area contributed by atoms with Gasteiger partial charge < -0.3 is 15.0 Å². The smallest absolute Gasteiger partial charge is 0.419 e. The molecular formula is C25H25F3N6O3. The maximum atomic E-state index is 13.8. The second-order valence-corrected chi connectivity index (χ2v) is 9.16. The molecule has 1 aliphatic heterocycles. The molecule has 12 heteroatoms. The third-order valence-corrected chi connectivity index (χ3v) is 6.62. The zero-order chi connectivity index (χ0) is 26.2. The van der Waals surface area contributed by atoms with Crippen LogP contribution in [0.3, 0.4) is 0 Å². The predicted octanol–water partition coefficient (Wildman–Crippen LogP) is 4.46. The molecule has 0 radical (unpaired) electrons. The Bertz CT molecular complexity index is 1310. The molecule has 1 N–H and O–H groups in total. The predicted molar refractivity (Wildman–Crippen MR) is 127 cm³/mol. The summed E-state index contributed by atoms with van der Waals surface area (Å²) in [5.74, 6) is -0.411. The summed E-state index contributed by atoms with van der Waals surface area (Å²) < 4.78 is 47.9. The number of likely N-dealkylation sites (tertiary alicyclic amines) is 1. The second-order valence-electron chi connectivity index (χ2n) is 9.16. The van der Waals surface area contributed by atoms with Crippen LogP contribution in [0.1, 0.15) is 47.6 Å². The van der Waals surface area contributed by atoms with Crippen LogP contribution < -0.4 is 5.32 Å². The molecule has 0 unspecified atom stereocenters. The van der Waals surface area contributed by atoms with Crippen LogP contribution in [0.5, 0.6) is 0 Å². The molecule has 1 amide bonds. The summed E-state index contributed by atoms with van der Waals surface area (Å²) in [4.78, 5) is 34.4. The third kappa shape index (κ3) is 5.27. The van der Waals surface area contributed by atoms with Gasteiger partial charge in [0.2, 0.25) is 11.9 Å². The summed E-state index contributed by atoms with van der Waals surface area (Å²) in [6.45, 7) is 1.35. The van der Waals surface area contributed by atoms with Crippen LogP contribution in [0.15, 0.2) is 42.9 Å². The normalized spacial score (nSPS) is 16.5. The first-order valence-electron chi connectivity index (χ1n) is 12.0. The molecule has 2 aromatic heterocycles. The van der Waals surface area contributed by atoms with Crippen LogP contribution in [-0.4, -0.2) is 56.7 Å². The number of rotatable bonds is 6. The number of halogens is 3. The van der Waals surface area contributed by atoms with Crippen molar-refractivity contribution in [1.29, 1.82) is 0 Å². The Labute approximate surface area is 210 Å². The highest BCUT2D eigenvalue weighted by Gasteiger charge is 2.37. The summed E-state index contributed by atoms with van der Waals surface area (Å²) in [5, 5.41) is 7.30. The molecule has 2 fully saturated rings. The molecule has 1 saturated carbocycles.